The van der Waals surface area contributed by atoms with E-state index < -0.39 is 0 Å². The maximum Gasteiger partial charge on any atom is 0.212 e. The van der Waals surface area contributed by atoms with E-state index in [0.29, 0.717) is 16.3 Å². The Balaban J connectivity index is 2.37. The van der Waals surface area contributed by atoms with Gasteiger partial charge < -0.3 is 0 Å². The highest BCUT2D eigenvalue weighted by molar-refractivity contribution is 7.98. The molecule has 0 spiro atoms. The summed E-state index contributed by atoms with van der Waals surface area (Å²) in [4.78, 5) is 13.3. The van der Waals surface area contributed by atoms with Crippen molar-refractivity contribution in [1.82, 2.24) is 9.78 Å². The Bertz CT molecular complexity index is 529. The van der Waals surface area contributed by atoms with Crippen LogP contribution in [0.1, 0.15) is 16.1 Å². The zero-order valence-electron chi connectivity index (χ0n) is 9.48. The van der Waals surface area contributed by atoms with Gasteiger partial charge >= 0.3 is 0 Å². The van der Waals surface area contributed by atoms with E-state index in [1.807, 2.05) is 18.4 Å². The van der Waals surface area contributed by atoms with Crippen molar-refractivity contribution in [2.24, 2.45) is 7.05 Å². The summed E-state index contributed by atoms with van der Waals surface area (Å²) in [6.45, 7) is 0. The minimum atomic E-state index is -0.109. The predicted molar refractivity (Wildman–Crippen MR) is 69.9 cm³/mol. The first-order chi connectivity index (χ1) is 8.13. The van der Waals surface area contributed by atoms with Gasteiger partial charge in [0.15, 0.2) is 0 Å². The highest BCUT2D eigenvalue weighted by Crippen LogP contribution is 2.20. The Kier molecular flexibility index (Phi) is 3.54. The molecule has 0 N–H and O–H groups in total. The molecule has 2 rings (SSSR count). The monoisotopic (exact) mass is 266 g/mol. The van der Waals surface area contributed by atoms with Crippen LogP contribution in [0.5, 0.6) is 0 Å². The molecule has 5 heteroatoms. The molecule has 1 aromatic carbocycles. The smallest absolute Gasteiger partial charge is 0.212 e. The molecule has 0 bridgehead atoms. The molecule has 0 fully saturated rings. The third kappa shape index (κ3) is 2.37. The topological polar surface area (TPSA) is 34.9 Å². The molecule has 0 amide bonds. The van der Waals surface area contributed by atoms with Crippen molar-refractivity contribution < 1.29 is 4.79 Å². The number of hydrogen-bond acceptors (Lipinski definition) is 3. The lowest BCUT2D eigenvalue weighted by molar-refractivity contribution is 0.103. The predicted octanol–water partition coefficient (Wildman–Crippen LogP) is 3.03. The summed E-state index contributed by atoms with van der Waals surface area (Å²) in [6, 6.07) is 7.44. The average Bonchev–Trinajstić information content (AvgIpc) is 2.68. The van der Waals surface area contributed by atoms with Gasteiger partial charge in [0.25, 0.3) is 0 Å². The van der Waals surface area contributed by atoms with E-state index in [1.165, 1.54) is 10.9 Å². The lowest BCUT2D eigenvalue weighted by Crippen LogP contribution is -2.08. The van der Waals surface area contributed by atoms with Gasteiger partial charge in [0.05, 0.1) is 11.2 Å². The van der Waals surface area contributed by atoms with Crippen molar-refractivity contribution in [3.05, 3.63) is 46.7 Å². The van der Waals surface area contributed by atoms with Crippen molar-refractivity contribution in [2.75, 3.05) is 6.26 Å². The van der Waals surface area contributed by atoms with Gasteiger partial charge in [0, 0.05) is 17.5 Å². The fourth-order valence-corrected chi connectivity index (χ4v) is 2.21. The number of carbonyl (C=O) groups excluding carboxylic acids is 1. The van der Waals surface area contributed by atoms with Gasteiger partial charge in [-0.25, -0.2) is 0 Å². The van der Waals surface area contributed by atoms with E-state index in [2.05, 4.69) is 5.10 Å². The van der Waals surface area contributed by atoms with Gasteiger partial charge in [-0.05, 0) is 30.5 Å². The van der Waals surface area contributed by atoms with Crippen LogP contribution in [0.2, 0.25) is 5.02 Å². The number of halogens is 1. The Labute approximate surface area is 109 Å². The maximum atomic E-state index is 12.2. The van der Waals surface area contributed by atoms with Crippen LogP contribution < -0.4 is 0 Å². The molecule has 1 aromatic heterocycles. The maximum absolute atomic E-state index is 12.2. The van der Waals surface area contributed by atoms with Crippen LogP contribution in [0.25, 0.3) is 0 Å². The quantitative estimate of drug-likeness (QED) is 0.633. The summed E-state index contributed by atoms with van der Waals surface area (Å²) >= 11 is 7.58. The van der Waals surface area contributed by atoms with Crippen LogP contribution in [0.15, 0.2) is 35.4 Å². The largest absolute Gasteiger partial charge is 0.287 e. The summed E-state index contributed by atoms with van der Waals surface area (Å²) in [7, 11) is 1.70. The van der Waals surface area contributed by atoms with E-state index in [1.54, 1.807) is 30.9 Å². The zero-order valence-corrected chi connectivity index (χ0v) is 11.0. The Morgan fingerprint density at radius 1 is 1.35 bits per heavy atom. The first-order valence-corrected chi connectivity index (χ1v) is 6.60. The van der Waals surface area contributed by atoms with Crippen molar-refractivity contribution >= 4 is 29.1 Å². The third-order valence-electron chi connectivity index (χ3n) is 2.46. The minimum Gasteiger partial charge on any atom is -0.287 e. The summed E-state index contributed by atoms with van der Waals surface area (Å²) in [5, 5.41) is 4.34. The fraction of sp³-hybridized carbons (Fsp3) is 0.167. The molecule has 88 valence electrons. The van der Waals surface area contributed by atoms with Crippen LogP contribution in [0.3, 0.4) is 0 Å². The lowest BCUT2D eigenvalue weighted by atomic mass is 10.1. The van der Waals surface area contributed by atoms with Crippen LogP contribution >= 0.6 is 23.4 Å². The lowest BCUT2D eigenvalue weighted by Gasteiger charge is -2.03. The van der Waals surface area contributed by atoms with Crippen molar-refractivity contribution in [3.8, 4) is 0 Å². The van der Waals surface area contributed by atoms with Crippen molar-refractivity contribution in [3.63, 3.8) is 0 Å². The molecular formula is C12H11ClN2OS. The molecule has 0 aliphatic carbocycles. The second-order valence-corrected chi connectivity index (χ2v) is 4.81. The van der Waals surface area contributed by atoms with E-state index in [4.69, 9.17) is 11.6 Å². The van der Waals surface area contributed by atoms with Crippen LogP contribution in [-0.2, 0) is 7.05 Å². The number of aryl methyl sites for hydroxylation is 1. The van der Waals surface area contributed by atoms with E-state index in [-0.39, 0.29) is 5.78 Å². The van der Waals surface area contributed by atoms with Crippen LogP contribution in [-0.4, -0.2) is 21.8 Å². The first kappa shape index (κ1) is 12.2. The zero-order chi connectivity index (χ0) is 12.4. The number of thioether (sulfide) groups is 1. The number of aromatic nitrogens is 2. The molecular weight excluding hydrogens is 256 g/mol. The molecule has 0 saturated heterocycles. The number of rotatable bonds is 3. The minimum absolute atomic E-state index is 0.109. The molecule has 2 aromatic rings. The molecule has 17 heavy (non-hydrogen) atoms. The van der Waals surface area contributed by atoms with Crippen LogP contribution in [0.4, 0.5) is 0 Å². The van der Waals surface area contributed by atoms with Crippen molar-refractivity contribution in [2.45, 2.75) is 4.90 Å². The molecule has 0 aliphatic heterocycles. The average molecular weight is 267 g/mol. The Morgan fingerprint density at radius 2 is 2.00 bits per heavy atom. The number of hydrogen-bond donors (Lipinski definition) is 0. The van der Waals surface area contributed by atoms with Gasteiger partial charge in [-0.15, -0.1) is 11.8 Å². The van der Waals surface area contributed by atoms with E-state index >= 15 is 0 Å². The molecule has 1 heterocycles. The molecule has 0 unspecified atom stereocenters. The number of nitrogens with zero attached hydrogens (tertiary/aromatic N) is 2. The highest BCUT2D eigenvalue weighted by atomic mass is 35.5. The van der Waals surface area contributed by atoms with Gasteiger partial charge in [-0.1, -0.05) is 11.6 Å². The van der Waals surface area contributed by atoms with Gasteiger partial charge in [0.2, 0.25) is 5.78 Å². The first-order valence-electron chi connectivity index (χ1n) is 4.99. The SMILES string of the molecule is CSc1ccc(C(=O)c2c(Cl)cnn2C)cc1. The summed E-state index contributed by atoms with van der Waals surface area (Å²) in [6.07, 6.45) is 3.47. The molecule has 0 radical (unpaired) electrons. The standard InChI is InChI=1S/C12H11ClN2OS/c1-15-11(10(13)7-14-15)12(16)8-3-5-9(17-2)6-4-8/h3-7H,1-2H3. The van der Waals surface area contributed by atoms with Crippen molar-refractivity contribution in [1.29, 1.82) is 0 Å². The van der Waals surface area contributed by atoms with E-state index in [9.17, 15) is 4.79 Å². The normalized spacial score (nSPS) is 10.5. The Morgan fingerprint density at radius 3 is 2.47 bits per heavy atom. The van der Waals surface area contributed by atoms with Gasteiger partial charge in [0.1, 0.15) is 5.69 Å². The molecule has 0 atom stereocenters. The summed E-state index contributed by atoms with van der Waals surface area (Å²) < 4.78 is 1.49. The second kappa shape index (κ2) is 4.94. The third-order valence-corrected chi connectivity index (χ3v) is 3.48. The Hall–Kier alpha value is -1.26. The highest BCUT2D eigenvalue weighted by Gasteiger charge is 2.17. The molecule has 3 nitrogen and oxygen atoms in total. The fourth-order valence-electron chi connectivity index (χ4n) is 1.55. The molecule has 0 saturated carbocycles. The summed E-state index contributed by atoms with van der Waals surface area (Å²) in [5.41, 5.74) is 1.04. The number of ketones is 1. The van der Waals surface area contributed by atoms with E-state index in [0.717, 1.165) is 4.90 Å². The number of benzene rings is 1. The van der Waals surface area contributed by atoms with Gasteiger partial charge in [-0.3, -0.25) is 9.48 Å². The number of carbonyl (C=O) groups is 1. The van der Waals surface area contributed by atoms with Gasteiger partial charge in [-0.2, -0.15) is 5.10 Å². The second-order valence-electron chi connectivity index (χ2n) is 3.52. The molecule has 0 aliphatic rings. The van der Waals surface area contributed by atoms with Crippen LogP contribution in [0, 0.1) is 0 Å². The summed E-state index contributed by atoms with van der Waals surface area (Å²) in [5.74, 6) is -0.109.